The number of esters is 1. The van der Waals surface area contributed by atoms with Crippen molar-refractivity contribution in [2.24, 2.45) is 0 Å². The first-order valence-corrected chi connectivity index (χ1v) is 8.38. The van der Waals surface area contributed by atoms with E-state index < -0.39 is 24.3 Å². The first-order valence-electron chi connectivity index (χ1n) is 8.38. The molecule has 28 heavy (non-hydrogen) atoms. The van der Waals surface area contributed by atoms with Gasteiger partial charge in [0.2, 0.25) is 0 Å². The van der Waals surface area contributed by atoms with E-state index >= 15 is 0 Å². The van der Waals surface area contributed by atoms with Gasteiger partial charge in [-0.1, -0.05) is 29.4 Å². The first kappa shape index (κ1) is 19.1. The van der Waals surface area contributed by atoms with Crippen LogP contribution in [0.5, 0.6) is 5.75 Å². The molecule has 0 aliphatic carbocycles. The van der Waals surface area contributed by atoms with E-state index in [4.69, 9.17) is 14.0 Å². The minimum atomic E-state index is -0.634. The Balaban J connectivity index is 1.59. The van der Waals surface area contributed by atoms with Crippen molar-refractivity contribution in [1.29, 1.82) is 0 Å². The van der Waals surface area contributed by atoms with Crippen LogP contribution in [-0.4, -0.2) is 23.6 Å². The standard InChI is InChI=1S/C20H17FN2O5/c1-13-10-14(23-28-13)11-27-20(25)15-6-2-5-9-18(15)26-12-19(24)22-17-8-4-3-7-16(17)21/h2-10H,11-12H2,1H3,(H,22,24). The Morgan fingerprint density at radius 3 is 2.64 bits per heavy atom. The second-order valence-corrected chi connectivity index (χ2v) is 5.82. The van der Waals surface area contributed by atoms with E-state index in [1.165, 1.54) is 30.3 Å². The molecule has 0 aliphatic heterocycles. The second-order valence-electron chi connectivity index (χ2n) is 5.82. The number of carbonyl (C=O) groups excluding carboxylic acids is 2. The molecule has 144 valence electrons. The van der Waals surface area contributed by atoms with Crippen LogP contribution in [0.3, 0.4) is 0 Å². The molecule has 0 aliphatic rings. The molecule has 3 aromatic rings. The highest BCUT2D eigenvalue weighted by Gasteiger charge is 2.16. The SMILES string of the molecule is Cc1cc(COC(=O)c2ccccc2OCC(=O)Nc2ccccc2F)no1. The maximum Gasteiger partial charge on any atom is 0.342 e. The number of benzene rings is 2. The van der Waals surface area contributed by atoms with E-state index in [9.17, 15) is 14.0 Å². The summed E-state index contributed by atoms with van der Waals surface area (Å²) >= 11 is 0. The first-order chi connectivity index (χ1) is 13.5. The number of aromatic nitrogens is 1. The van der Waals surface area contributed by atoms with Crippen LogP contribution >= 0.6 is 0 Å². The molecule has 1 aromatic heterocycles. The van der Waals surface area contributed by atoms with E-state index in [1.54, 1.807) is 31.2 Å². The van der Waals surface area contributed by atoms with Gasteiger partial charge in [-0.3, -0.25) is 4.79 Å². The van der Waals surface area contributed by atoms with Crippen LogP contribution in [0.2, 0.25) is 0 Å². The molecule has 8 heteroatoms. The largest absolute Gasteiger partial charge is 0.483 e. The number of nitrogens with zero attached hydrogens (tertiary/aromatic N) is 1. The predicted octanol–water partition coefficient (Wildman–Crippen LogP) is 3.50. The third-order valence-electron chi connectivity index (χ3n) is 3.64. The Hall–Kier alpha value is -3.68. The fourth-order valence-corrected chi connectivity index (χ4v) is 2.36. The van der Waals surface area contributed by atoms with Gasteiger partial charge in [-0.25, -0.2) is 9.18 Å². The van der Waals surface area contributed by atoms with Gasteiger partial charge >= 0.3 is 5.97 Å². The molecule has 0 saturated heterocycles. The van der Waals surface area contributed by atoms with Crippen LogP contribution < -0.4 is 10.1 Å². The van der Waals surface area contributed by atoms with Crippen LogP contribution in [0.25, 0.3) is 0 Å². The van der Waals surface area contributed by atoms with Gasteiger partial charge in [0.05, 0.1) is 5.69 Å². The predicted molar refractivity (Wildman–Crippen MR) is 97.3 cm³/mol. The number of hydrogen-bond acceptors (Lipinski definition) is 6. The van der Waals surface area contributed by atoms with Gasteiger partial charge < -0.3 is 19.3 Å². The Labute approximate surface area is 160 Å². The lowest BCUT2D eigenvalue weighted by molar-refractivity contribution is -0.118. The van der Waals surface area contributed by atoms with Gasteiger partial charge in [0.15, 0.2) is 6.61 Å². The van der Waals surface area contributed by atoms with Crippen LogP contribution in [0, 0.1) is 12.7 Å². The molecule has 0 unspecified atom stereocenters. The van der Waals surface area contributed by atoms with Gasteiger partial charge in [0.1, 0.15) is 35.2 Å². The van der Waals surface area contributed by atoms with E-state index in [0.717, 1.165) is 0 Å². The fourth-order valence-electron chi connectivity index (χ4n) is 2.36. The van der Waals surface area contributed by atoms with Gasteiger partial charge in [-0.05, 0) is 31.2 Å². The molecule has 1 heterocycles. The summed E-state index contributed by atoms with van der Waals surface area (Å²) in [6.45, 7) is 1.27. The Morgan fingerprint density at radius 1 is 1.14 bits per heavy atom. The number of para-hydroxylation sites is 2. The van der Waals surface area contributed by atoms with Crippen molar-refractivity contribution < 1.29 is 28.0 Å². The highest BCUT2D eigenvalue weighted by molar-refractivity contribution is 5.94. The molecule has 0 fully saturated rings. The lowest BCUT2D eigenvalue weighted by Gasteiger charge is -2.11. The van der Waals surface area contributed by atoms with Gasteiger partial charge in [-0.2, -0.15) is 0 Å². The number of nitrogens with one attached hydrogen (secondary N) is 1. The van der Waals surface area contributed by atoms with Crippen LogP contribution in [0.4, 0.5) is 10.1 Å². The molecule has 0 bridgehead atoms. The molecule has 0 radical (unpaired) electrons. The monoisotopic (exact) mass is 384 g/mol. The molecule has 0 spiro atoms. The van der Waals surface area contributed by atoms with Crippen LogP contribution in [0.1, 0.15) is 21.8 Å². The summed E-state index contributed by atoms with van der Waals surface area (Å²) in [5.74, 6) is -0.969. The van der Waals surface area contributed by atoms with Gasteiger partial charge in [0.25, 0.3) is 5.91 Å². The lowest BCUT2D eigenvalue weighted by Crippen LogP contribution is -2.21. The van der Waals surface area contributed by atoms with Crippen molar-refractivity contribution in [3.8, 4) is 5.75 Å². The lowest BCUT2D eigenvalue weighted by atomic mass is 10.2. The summed E-state index contributed by atoms with van der Waals surface area (Å²) in [5.41, 5.74) is 0.682. The second kappa shape index (κ2) is 8.81. The van der Waals surface area contributed by atoms with Crippen molar-refractivity contribution in [3.63, 3.8) is 0 Å². The Morgan fingerprint density at radius 2 is 1.89 bits per heavy atom. The quantitative estimate of drug-likeness (QED) is 0.627. The minimum absolute atomic E-state index is 0.0479. The fraction of sp³-hybridized carbons (Fsp3) is 0.150. The van der Waals surface area contributed by atoms with E-state index in [2.05, 4.69) is 10.5 Å². The average molecular weight is 384 g/mol. The Bertz CT molecular complexity index is 986. The molecule has 0 saturated carbocycles. The summed E-state index contributed by atoms with van der Waals surface area (Å²) < 4.78 is 29.1. The molecule has 1 amide bonds. The van der Waals surface area contributed by atoms with Crippen molar-refractivity contribution in [1.82, 2.24) is 5.16 Å². The van der Waals surface area contributed by atoms with Crippen molar-refractivity contribution in [2.45, 2.75) is 13.5 Å². The number of anilines is 1. The molecular weight excluding hydrogens is 367 g/mol. The maximum absolute atomic E-state index is 13.6. The zero-order valence-electron chi connectivity index (χ0n) is 15.0. The van der Waals surface area contributed by atoms with E-state index in [-0.39, 0.29) is 23.6 Å². The van der Waals surface area contributed by atoms with Crippen LogP contribution in [0.15, 0.2) is 59.1 Å². The zero-order valence-corrected chi connectivity index (χ0v) is 15.0. The number of ether oxygens (including phenoxy) is 2. The zero-order chi connectivity index (χ0) is 19.9. The number of hydrogen-bond donors (Lipinski definition) is 1. The smallest absolute Gasteiger partial charge is 0.342 e. The van der Waals surface area contributed by atoms with Gasteiger partial charge in [-0.15, -0.1) is 0 Å². The molecular formula is C20H17FN2O5. The topological polar surface area (TPSA) is 90.7 Å². The summed E-state index contributed by atoms with van der Waals surface area (Å²) in [5, 5.41) is 6.15. The average Bonchev–Trinajstić information content (AvgIpc) is 3.12. The summed E-state index contributed by atoms with van der Waals surface area (Å²) in [6, 6.07) is 13.8. The summed E-state index contributed by atoms with van der Waals surface area (Å²) in [7, 11) is 0. The van der Waals surface area contributed by atoms with Crippen molar-refractivity contribution in [2.75, 3.05) is 11.9 Å². The number of amides is 1. The van der Waals surface area contributed by atoms with E-state index in [0.29, 0.717) is 11.5 Å². The Kier molecular flexibility index (Phi) is 6.01. The molecule has 1 N–H and O–H groups in total. The van der Waals surface area contributed by atoms with Gasteiger partial charge in [0, 0.05) is 6.07 Å². The number of carbonyl (C=O) groups is 2. The van der Waals surface area contributed by atoms with E-state index in [1.807, 2.05) is 0 Å². The molecule has 3 rings (SSSR count). The number of rotatable bonds is 7. The highest BCUT2D eigenvalue weighted by Crippen LogP contribution is 2.20. The summed E-state index contributed by atoms with van der Waals surface area (Å²) in [6.07, 6.45) is 0. The van der Waals surface area contributed by atoms with Crippen molar-refractivity contribution in [3.05, 3.63) is 77.4 Å². The van der Waals surface area contributed by atoms with Crippen LogP contribution in [-0.2, 0) is 16.1 Å². The maximum atomic E-state index is 13.6. The normalized spacial score (nSPS) is 10.4. The van der Waals surface area contributed by atoms with Crippen molar-refractivity contribution >= 4 is 17.6 Å². The highest BCUT2D eigenvalue weighted by atomic mass is 19.1. The molecule has 2 aromatic carbocycles. The third-order valence-corrected chi connectivity index (χ3v) is 3.64. The number of aryl methyl sites for hydroxylation is 1. The number of halogens is 1. The molecule has 7 nitrogen and oxygen atoms in total. The molecule has 0 atom stereocenters. The minimum Gasteiger partial charge on any atom is -0.483 e. The summed E-state index contributed by atoms with van der Waals surface area (Å²) in [4.78, 5) is 24.3. The third kappa shape index (κ3) is 4.94.